The van der Waals surface area contributed by atoms with Crippen molar-refractivity contribution in [3.8, 4) is 0 Å². The molecule has 0 aliphatic carbocycles. The van der Waals surface area contributed by atoms with Gasteiger partial charge in [-0.25, -0.2) is 4.39 Å². The fraction of sp³-hybridized carbons (Fsp3) is 0.417. The first-order valence-electron chi connectivity index (χ1n) is 5.10. The van der Waals surface area contributed by atoms with E-state index in [1.807, 2.05) is 6.92 Å². The van der Waals surface area contributed by atoms with Crippen molar-refractivity contribution in [3.63, 3.8) is 0 Å². The molecule has 1 aromatic rings. The summed E-state index contributed by atoms with van der Waals surface area (Å²) in [6, 6.07) is 4.23. The Balaban J connectivity index is 2.69. The normalized spacial score (nSPS) is 12.2. The van der Waals surface area contributed by atoms with Gasteiger partial charge in [0.2, 0.25) is 0 Å². The second-order valence-corrected chi connectivity index (χ2v) is 3.79. The number of benzene rings is 1. The zero-order chi connectivity index (χ0) is 12.1. The van der Waals surface area contributed by atoms with Gasteiger partial charge in [-0.3, -0.25) is 4.79 Å². The number of nitrogens with one attached hydrogen (secondary N) is 1. The number of aryl methyl sites for hydroxylation is 1. The van der Waals surface area contributed by atoms with E-state index in [-0.39, 0.29) is 17.8 Å². The van der Waals surface area contributed by atoms with Crippen LogP contribution in [-0.4, -0.2) is 25.7 Å². The molecule has 0 aliphatic rings. The van der Waals surface area contributed by atoms with E-state index in [2.05, 4.69) is 5.32 Å². The van der Waals surface area contributed by atoms with Gasteiger partial charge in [-0.2, -0.15) is 0 Å². The lowest BCUT2D eigenvalue weighted by Gasteiger charge is -2.12. The molecular formula is C12H16FNO2. The molecule has 1 atom stereocenters. The van der Waals surface area contributed by atoms with E-state index < -0.39 is 0 Å². The fourth-order valence-corrected chi connectivity index (χ4v) is 1.38. The molecule has 1 amide bonds. The van der Waals surface area contributed by atoms with Gasteiger partial charge in [0, 0.05) is 18.7 Å². The molecule has 16 heavy (non-hydrogen) atoms. The highest BCUT2D eigenvalue weighted by atomic mass is 19.1. The van der Waals surface area contributed by atoms with E-state index in [0.29, 0.717) is 17.7 Å². The lowest BCUT2D eigenvalue weighted by molar-refractivity contribution is 0.0905. The third kappa shape index (κ3) is 3.31. The number of carbonyl (C=O) groups excluding carboxylic acids is 1. The average Bonchev–Trinajstić information content (AvgIpc) is 2.22. The van der Waals surface area contributed by atoms with Crippen LogP contribution in [0.4, 0.5) is 4.39 Å². The number of halogens is 1. The molecule has 3 nitrogen and oxygen atoms in total. The molecule has 0 saturated heterocycles. The van der Waals surface area contributed by atoms with E-state index >= 15 is 0 Å². The molecule has 0 radical (unpaired) electrons. The van der Waals surface area contributed by atoms with Crippen molar-refractivity contribution in [1.82, 2.24) is 5.32 Å². The van der Waals surface area contributed by atoms with Crippen molar-refractivity contribution in [2.75, 3.05) is 13.7 Å². The van der Waals surface area contributed by atoms with Crippen molar-refractivity contribution >= 4 is 5.91 Å². The summed E-state index contributed by atoms with van der Waals surface area (Å²) < 4.78 is 17.9. The van der Waals surface area contributed by atoms with Crippen LogP contribution in [0.3, 0.4) is 0 Å². The summed E-state index contributed by atoms with van der Waals surface area (Å²) in [6.45, 7) is 3.92. The van der Waals surface area contributed by atoms with Crippen molar-refractivity contribution in [3.05, 3.63) is 35.1 Å². The summed E-state index contributed by atoms with van der Waals surface area (Å²) in [5, 5.41) is 2.76. The van der Waals surface area contributed by atoms with Gasteiger partial charge in [0.1, 0.15) is 5.82 Å². The predicted molar refractivity (Wildman–Crippen MR) is 59.9 cm³/mol. The van der Waals surface area contributed by atoms with Gasteiger partial charge in [-0.15, -0.1) is 0 Å². The van der Waals surface area contributed by atoms with Crippen molar-refractivity contribution in [2.45, 2.75) is 19.9 Å². The van der Waals surface area contributed by atoms with Gasteiger partial charge in [0.15, 0.2) is 0 Å². The first-order chi connectivity index (χ1) is 7.54. The van der Waals surface area contributed by atoms with Gasteiger partial charge in [-0.05, 0) is 37.6 Å². The second-order valence-electron chi connectivity index (χ2n) is 3.79. The van der Waals surface area contributed by atoms with E-state index in [1.165, 1.54) is 18.2 Å². The number of hydrogen-bond donors (Lipinski definition) is 1. The summed E-state index contributed by atoms with van der Waals surface area (Å²) in [5.74, 6) is -0.519. The summed E-state index contributed by atoms with van der Waals surface area (Å²) >= 11 is 0. The molecule has 0 saturated carbocycles. The maximum absolute atomic E-state index is 13.0. The molecule has 1 N–H and O–H groups in total. The maximum atomic E-state index is 13.0. The molecule has 1 unspecified atom stereocenters. The van der Waals surface area contributed by atoms with E-state index in [9.17, 15) is 9.18 Å². The molecule has 0 aromatic heterocycles. The lowest BCUT2D eigenvalue weighted by Crippen LogP contribution is -2.35. The molecule has 1 aromatic carbocycles. The first-order valence-corrected chi connectivity index (χ1v) is 5.10. The Hall–Kier alpha value is -1.42. The molecule has 1 rings (SSSR count). The fourth-order valence-electron chi connectivity index (χ4n) is 1.38. The quantitative estimate of drug-likeness (QED) is 0.850. The summed E-state index contributed by atoms with van der Waals surface area (Å²) in [4.78, 5) is 11.7. The van der Waals surface area contributed by atoms with Crippen LogP contribution in [0.15, 0.2) is 18.2 Å². The molecule has 88 valence electrons. The number of methoxy groups -OCH3 is 1. The third-order valence-electron chi connectivity index (χ3n) is 2.21. The van der Waals surface area contributed by atoms with Gasteiger partial charge in [-0.1, -0.05) is 0 Å². The molecule has 0 bridgehead atoms. The highest BCUT2D eigenvalue weighted by Crippen LogP contribution is 2.09. The largest absolute Gasteiger partial charge is 0.383 e. The Labute approximate surface area is 94.6 Å². The minimum absolute atomic E-state index is 0.0668. The number of ether oxygens (including phenoxy) is 1. The van der Waals surface area contributed by atoms with E-state index in [0.717, 1.165) is 0 Å². The highest BCUT2D eigenvalue weighted by molar-refractivity contribution is 5.94. The van der Waals surface area contributed by atoms with Crippen LogP contribution in [0.25, 0.3) is 0 Å². The zero-order valence-electron chi connectivity index (χ0n) is 9.71. The minimum atomic E-state index is -0.304. The van der Waals surface area contributed by atoms with Crippen LogP contribution >= 0.6 is 0 Å². The number of hydrogen-bond acceptors (Lipinski definition) is 2. The topological polar surface area (TPSA) is 38.3 Å². The lowest BCUT2D eigenvalue weighted by atomic mass is 10.1. The van der Waals surface area contributed by atoms with E-state index in [1.54, 1.807) is 14.0 Å². The third-order valence-corrected chi connectivity index (χ3v) is 2.21. The van der Waals surface area contributed by atoms with Crippen LogP contribution in [0, 0.1) is 12.7 Å². The SMILES string of the molecule is COCC(C)NC(=O)c1ccc(F)c(C)c1. The Morgan fingerprint density at radius 3 is 2.81 bits per heavy atom. The standard InChI is InChI=1S/C12H16FNO2/c1-8-6-10(4-5-11(8)13)12(15)14-9(2)7-16-3/h4-6,9H,7H2,1-3H3,(H,14,15). The Kier molecular flexibility index (Phi) is 4.43. The first kappa shape index (κ1) is 12.6. The van der Waals surface area contributed by atoms with Crippen molar-refractivity contribution < 1.29 is 13.9 Å². The van der Waals surface area contributed by atoms with Crippen LogP contribution in [-0.2, 0) is 4.74 Å². The number of carbonyl (C=O) groups is 1. The summed E-state index contributed by atoms with van der Waals surface area (Å²) in [7, 11) is 1.57. The van der Waals surface area contributed by atoms with Crippen LogP contribution in [0.2, 0.25) is 0 Å². The van der Waals surface area contributed by atoms with E-state index in [4.69, 9.17) is 4.74 Å². The minimum Gasteiger partial charge on any atom is -0.383 e. The Bertz CT molecular complexity index is 379. The van der Waals surface area contributed by atoms with Gasteiger partial charge in [0.25, 0.3) is 5.91 Å². The second kappa shape index (κ2) is 5.61. The van der Waals surface area contributed by atoms with Gasteiger partial charge >= 0.3 is 0 Å². The summed E-state index contributed by atoms with van der Waals surface area (Å²) in [5.41, 5.74) is 0.925. The van der Waals surface area contributed by atoms with Gasteiger partial charge < -0.3 is 10.1 Å². The van der Waals surface area contributed by atoms with Crippen LogP contribution in [0.1, 0.15) is 22.8 Å². The number of amides is 1. The molecule has 0 heterocycles. The van der Waals surface area contributed by atoms with Gasteiger partial charge in [0.05, 0.1) is 6.61 Å². The molecule has 4 heteroatoms. The molecule has 0 spiro atoms. The maximum Gasteiger partial charge on any atom is 0.251 e. The van der Waals surface area contributed by atoms with Crippen molar-refractivity contribution in [2.24, 2.45) is 0 Å². The summed E-state index contributed by atoms with van der Waals surface area (Å²) in [6.07, 6.45) is 0. The monoisotopic (exact) mass is 225 g/mol. The molecule has 0 fully saturated rings. The van der Waals surface area contributed by atoms with Crippen LogP contribution < -0.4 is 5.32 Å². The van der Waals surface area contributed by atoms with Crippen LogP contribution in [0.5, 0.6) is 0 Å². The Morgan fingerprint density at radius 1 is 1.56 bits per heavy atom. The Morgan fingerprint density at radius 2 is 2.25 bits per heavy atom. The zero-order valence-corrected chi connectivity index (χ0v) is 9.71. The molecule has 0 aliphatic heterocycles. The average molecular weight is 225 g/mol. The number of rotatable bonds is 4. The predicted octanol–water partition coefficient (Wildman–Crippen LogP) is 1.90. The molecular weight excluding hydrogens is 209 g/mol. The van der Waals surface area contributed by atoms with Crippen molar-refractivity contribution in [1.29, 1.82) is 0 Å². The smallest absolute Gasteiger partial charge is 0.251 e. The highest BCUT2D eigenvalue weighted by Gasteiger charge is 2.10.